The number of nitrogens with zero attached hydrogens (tertiary/aromatic N) is 1. The molecule has 1 spiro atoms. The summed E-state index contributed by atoms with van der Waals surface area (Å²) in [7, 11) is 1.65. The molecule has 21 heavy (non-hydrogen) atoms. The Morgan fingerprint density at radius 3 is 2.48 bits per heavy atom. The van der Waals surface area contributed by atoms with Crippen molar-refractivity contribution < 1.29 is 14.3 Å². The summed E-state index contributed by atoms with van der Waals surface area (Å²) >= 11 is 0. The van der Waals surface area contributed by atoms with E-state index in [1.807, 2.05) is 18.7 Å². The second-order valence-corrected chi connectivity index (χ2v) is 7.15. The molecular formula is C16H26N2O3. The van der Waals surface area contributed by atoms with Crippen LogP contribution in [0, 0.1) is 5.92 Å². The minimum atomic E-state index is -0.715. The average Bonchev–Trinajstić information content (AvgIpc) is 3.18. The number of carbonyl (C=O) groups is 2. The van der Waals surface area contributed by atoms with Crippen LogP contribution in [0.15, 0.2) is 0 Å². The normalized spacial score (nSPS) is 33.4. The summed E-state index contributed by atoms with van der Waals surface area (Å²) in [5.41, 5.74) is -1.35. The molecule has 0 aromatic heterocycles. The molecule has 3 fully saturated rings. The number of carbonyl (C=O) groups excluding carboxylic acids is 2. The first-order valence-corrected chi connectivity index (χ1v) is 8.11. The van der Waals surface area contributed by atoms with Crippen molar-refractivity contribution in [2.45, 2.75) is 69.5 Å². The number of hydrogen-bond donors (Lipinski definition) is 1. The fourth-order valence-corrected chi connectivity index (χ4v) is 4.26. The fraction of sp³-hybridized carbons (Fsp3) is 0.875. The summed E-state index contributed by atoms with van der Waals surface area (Å²) in [5, 5.41) is 3.09. The number of ether oxygens (including phenoxy) is 1. The van der Waals surface area contributed by atoms with Gasteiger partial charge in [-0.05, 0) is 45.4 Å². The van der Waals surface area contributed by atoms with Gasteiger partial charge in [-0.25, -0.2) is 0 Å². The van der Waals surface area contributed by atoms with Crippen LogP contribution < -0.4 is 5.32 Å². The van der Waals surface area contributed by atoms with E-state index in [2.05, 4.69) is 5.32 Å². The Hall–Kier alpha value is -1.10. The van der Waals surface area contributed by atoms with Crippen molar-refractivity contribution in [3.63, 3.8) is 0 Å². The minimum Gasteiger partial charge on any atom is -0.383 e. The van der Waals surface area contributed by atoms with Crippen LogP contribution in [0.1, 0.15) is 52.4 Å². The Bertz CT molecular complexity index is 454. The number of methoxy groups -OCH3 is 1. The largest absolute Gasteiger partial charge is 0.383 e. The maximum Gasteiger partial charge on any atom is 0.249 e. The van der Waals surface area contributed by atoms with Crippen LogP contribution in [0.4, 0.5) is 0 Å². The van der Waals surface area contributed by atoms with E-state index >= 15 is 0 Å². The van der Waals surface area contributed by atoms with Crippen LogP contribution in [0.3, 0.4) is 0 Å². The molecule has 1 heterocycles. The summed E-state index contributed by atoms with van der Waals surface area (Å²) in [5.74, 6) is 0.443. The summed E-state index contributed by atoms with van der Waals surface area (Å²) in [6, 6.07) is -0.0651. The molecule has 5 heteroatoms. The molecule has 3 aliphatic rings. The van der Waals surface area contributed by atoms with Gasteiger partial charge in [0.2, 0.25) is 11.8 Å². The van der Waals surface area contributed by atoms with E-state index in [1.165, 1.54) is 0 Å². The first-order valence-electron chi connectivity index (χ1n) is 8.11. The summed E-state index contributed by atoms with van der Waals surface area (Å²) in [6.45, 7) is 4.37. The quantitative estimate of drug-likeness (QED) is 0.854. The van der Waals surface area contributed by atoms with Gasteiger partial charge in [0.1, 0.15) is 11.1 Å². The van der Waals surface area contributed by atoms with Crippen molar-refractivity contribution in [2.24, 2.45) is 5.92 Å². The van der Waals surface area contributed by atoms with Crippen molar-refractivity contribution >= 4 is 11.8 Å². The lowest BCUT2D eigenvalue weighted by atomic mass is 9.81. The predicted octanol–water partition coefficient (Wildman–Crippen LogP) is 1.46. The fourth-order valence-electron chi connectivity index (χ4n) is 4.26. The Balaban J connectivity index is 1.98. The van der Waals surface area contributed by atoms with Gasteiger partial charge in [-0.2, -0.15) is 0 Å². The molecule has 0 radical (unpaired) electrons. The van der Waals surface area contributed by atoms with Crippen LogP contribution in [-0.2, 0) is 14.3 Å². The highest BCUT2D eigenvalue weighted by atomic mass is 16.5. The molecule has 118 valence electrons. The molecule has 0 bridgehead atoms. The molecular weight excluding hydrogens is 268 g/mol. The van der Waals surface area contributed by atoms with E-state index in [0.29, 0.717) is 12.5 Å². The second-order valence-electron chi connectivity index (χ2n) is 7.15. The average molecular weight is 294 g/mol. The van der Waals surface area contributed by atoms with Gasteiger partial charge in [-0.1, -0.05) is 12.8 Å². The molecule has 0 aromatic rings. The topological polar surface area (TPSA) is 58.6 Å². The van der Waals surface area contributed by atoms with Gasteiger partial charge in [0.05, 0.1) is 12.6 Å². The smallest absolute Gasteiger partial charge is 0.249 e. The highest BCUT2D eigenvalue weighted by Gasteiger charge is 2.62. The zero-order valence-corrected chi connectivity index (χ0v) is 13.3. The highest BCUT2D eigenvalue weighted by molar-refractivity contribution is 6.03. The molecule has 0 aromatic carbocycles. The molecule has 2 amide bonds. The highest BCUT2D eigenvalue weighted by Crippen LogP contribution is 2.47. The molecule has 2 atom stereocenters. The van der Waals surface area contributed by atoms with Crippen molar-refractivity contribution in [2.75, 3.05) is 13.7 Å². The standard InChI is InChI=1S/C16H26N2O3/c1-11(10-21-3)18-14(20)15(2,12-6-7-12)17-13(19)16(18)8-4-5-9-16/h11-12H,4-10H2,1-3H3,(H,17,19). The van der Waals surface area contributed by atoms with Gasteiger partial charge in [0.15, 0.2) is 0 Å². The summed E-state index contributed by atoms with van der Waals surface area (Å²) in [6.07, 6.45) is 5.64. The van der Waals surface area contributed by atoms with Crippen molar-refractivity contribution in [3.05, 3.63) is 0 Å². The van der Waals surface area contributed by atoms with Crippen LogP contribution in [-0.4, -0.2) is 47.6 Å². The van der Waals surface area contributed by atoms with E-state index in [1.54, 1.807) is 7.11 Å². The maximum absolute atomic E-state index is 13.2. The number of piperazine rings is 1. The number of rotatable bonds is 4. The van der Waals surface area contributed by atoms with Crippen LogP contribution in [0.5, 0.6) is 0 Å². The van der Waals surface area contributed by atoms with Gasteiger partial charge >= 0.3 is 0 Å². The third kappa shape index (κ3) is 2.08. The minimum absolute atomic E-state index is 0.0527. The molecule has 2 saturated carbocycles. The van der Waals surface area contributed by atoms with Crippen LogP contribution in [0.2, 0.25) is 0 Å². The van der Waals surface area contributed by atoms with Gasteiger partial charge in [-0.3, -0.25) is 9.59 Å². The van der Waals surface area contributed by atoms with Gasteiger partial charge < -0.3 is 15.0 Å². The van der Waals surface area contributed by atoms with Crippen molar-refractivity contribution in [1.29, 1.82) is 0 Å². The zero-order chi connectivity index (χ0) is 15.3. The molecule has 2 unspecified atom stereocenters. The van der Waals surface area contributed by atoms with E-state index in [9.17, 15) is 9.59 Å². The molecule has 1 saturated heterocycles. The van der Waals surface area contributed by atoms with Crippen molar-refractivity contribution in [1.82, 2.24) is 10.2 Å². The van der Waals surface area contributed by atoms with Gasteiger partial charge in [0.25, 0.3) is 0 Å². The van der Waals surface area contributed by atoms with E-state index in [-0.39, 0.29) is 17.9 Å². The summed E-state index contributed by atoms with van der Waals surface area (Å²) in [4.78, 5) is 28.0. The molecule has 1 N–H and O–H groups in total. The lowest BCUT2D eigenvalue weighted by Gasteiger charge is -2.52. The first-order chi connectivity index (χ1) is 9.95. The third-order valence-electron chi connectivity index (χ3n) is 5.59. The predicted molar refractivity (Wildman–Crippen MR) is 78.7 cm³/mol. The number of amides is 2. The number of hydrogen-bond acceptors (Lipinski definition) is 3. The molecule has 3 rings (SSSR count). The maximum atomic E-state index is 13.2. The van der Waals surface area contributed by atoms with E-state index in [4.69, 9.17) is 4.74 Å². The van der Waals surface area contributed by atoms with Gasteiger partial charge in [-0.15, -0.1) is 0 Å². The first kappa shape index (κ1) is 14.8. The second kappa shape index (κ2) is 4.97. The molecule has 2 aliphatic carbocycles. The van der Waals surface area contributed by atoms with E-state index in [0.717, 1.165) is 38.5 Å². The lowest BCUT2D eigenvalue weighted by Crippen LogP contribution is -2.76. The van der Waals surface area contributed by atoms with Crippen LogP contribution >= 0.6 is 0 Å². The summed E-state index contributed by atoms with van der Waals surface area (Å²) < 4.78 is 5.26. The zero-order valence-electron chi connectivity index (χ0n) is 13.3. The Labute approximate surface area is 126 Å². The third-order valence-corrected chi connectivity index (χ3v) is 5.59. The van der Waals surface area contributed by atoms with E-state index < -0.39 is 11.1 Å². The lowest BCUT2D eigenvalue weighted by molar-refractivity contribution is -0.168. The Morgan fingerprint density at radius 1 is 1.33 bits per heavy atom. The molecule has 5 nitrogen and oxygen atoms in total. The van der Waals surface area contributed by atoms with Gasteiger partial charge in [0, 0.05) is 7.11 Å². The Morgan fingerprint density at radius 2 is 1.95 bits per heavy atom. The van der Waals surface area contributed by atoms with Crippen molar-refractivity contribution in [3.8, 4) is 0 Å². The van der Waals surface area contributed by atoms with Crippen LogP contribution in [0.25, 0.3) is 0 Å². The Kier molecular flexibility index (Phi) is 3.51. The monoisotopic (exact) mass is 294 g/mol. The number of nitrogens with one attached hydrogen (secondary N) is 1. The molecule has 1 aliphatic heterocycles. The SMILES string of the molecule is COCC(C)N1C(=O)C(C)(C2CC2)NC(=O)C12CCCC2.